The summed E-state index contributed by atoms with van der Waals surface area (Å²) in [6.45, 7) is 3.25. The first kappa shape index (κ1) is 15.5. The molecule has 1 aromatic carbocycles. The van der Waals surface area contributed by atoms with E-state index in [2.05, 4.69) is 24.4 Å². The molecule has 106 valence electrons. The quantitative estimate of drug-likeness (QED) is 0.729. The molecule has 0 bridgehead atoms. The van der Waals surface area contributed by atoms with Gasteiger partial charge in [-0.2, -0.15) is 0 Å². The summed E-state index contributed by atoms with van der Waals surface area (Å²) in [5.74, 6) is 0.139. The normalized spacial score (nSPS) is 10.3. The number of nitrogens with zero attached hydrogens (tertiary/aromatic N) is 1. The van der Waals surface area contributed by atoms with Gasteiger partial charge in [0.05, 0.1) is 6.42 Å². The number of rotatable bonds is 8. The summed E-state index contributed by atoms with van der Waals surface area (Å²) in [6, 6.07) is 8.15. The lowest BCUT2D eigenvalue weighted by atomic mass is 10.1. The minimum atomic E-state index is 0.139. The number of benzene rings is 1. The van der Waals surface area contributed by atoms with Gasteiger partial charge in [0.1, 0.15) is 0 Å². The molecule has 1 aromatic rings. The Bertz CT molecular complexity index is 371. The van der Waals surface area contributed by atoms with Crippen LogP contribution in [0.2, 0.25) is 0 Å². The zero-order valence-electron chi connectivity index (χ0n) is 12.4. The average molecular weight is 262 g/mol. The molecule has 0 saturated carbocycles. The largest absolute Gasteiger partial charge is 0.385 e. The van der Waals surface area contributed by atoms with Crippen molar-refractivity contribution in [2.75, 3.05) is 26.0 Å². The van der Waals surface area contributed by atoms with Gasteiger partial charge in [-0.05, 0) is 24.1 Å². The molecule has 0 aliphatic carbocycles. The van der Waals surface area contributed by atoms with Gasteiger partial charge in [0.2, 0.25) is 5.91 Å². The van der Waals surface area contributed by atoms with Crippen LogP contribution in [0.1, 0.15) is 38.2 Å². The van der Waals surface area contributed by atoms with Crippen LogP contribution >= 0.6 is 0 Å². The van der Waals surface area contributed by atoms with Gasteiger partial charge in [0.25, 0.3) is 0 Å². The van der Waals surface area contributed by atoms with Crippen molar-refractivity contribution in [1.29, 1.82) is 0 Å². The minimum absolute atomic E-state index is 0.139. The van der Waals surface area contributed by atoms with Gasteiger partial charge in [-0.15, -0.1) is 0 Å². The van der Waals surface area contributed by atoms with Crippen LogP contribution in [0.3, 0.4) is 0 Å². The Labute approximate surface area is 117 Å². The van der Waals surface area contributed by atoms with Crippen LogP contribution in [0, 0.1) is 0 Å². The Kier molecular flexibility index (Phi) is 7.01. The van der Waals surface area contributed by atoms with Gasteiger partial charge in [0.15, 0.2) is 0 Å². The van der Waals surface area contributed by atoms with Crippen molar-refractivity contribution in [3.8, 4) is 0 Å². The van der Waals surface area contributed by atoms with Crippen LogP contribution in [0.4, 0.5) is 5.69 Å². The van der Waals surface area contributed by atoms with E-state index in [9.17, 15) is 4.79 Å². The summed E-state index contributed by atoms with van der Waals surface area (Å²) in [4.78, 5) is 13.2. The Morgan fingerprint density at radius 1 is 1.11 bits per heavy atom. The Balaban J connectivity index is 2.33. The van der Waals surface area contributed by atoms with Crippen LogP contribution in [0.25, 0.3) is 0 Å². The van der Waals surface area contributed by atoms with Gasteiger partial charge in [0, 0.05) is 26.3 Å². The molecule has 0 aliphatic rings. The summed E-state index contributed by atoms with van der Waals surface area (Å²) < 4.78 is 0. The summed E-state index contributed by atoms with van der Waals surface area (Å²) in [5, 5.41) is 3.41. The highest BCUT2D eigenvalue weighted by molar-refractivity contribution is 5.78. The zero-order chi connectivity index (χ0) is 14.1. The fourth-order valence-electron chi connectivity index (χ4n) is 1.86. The molecule has 0 aliphatic heterocycles. The molecule has 1 N–H and O–H groups in total. The van der Waals surface area contributed by atoms with E-state index in [4.69, 9.17) is 0 Å². The fraction of sp³-hybridized carbons (Fsp3) is 0.562. The van der Waals surface area contributed by atoms with Gasteiger partial charge in [-0.3, -0.25) is 4.79 Å². The van der Waals surface area contributed by atoms with E-state index in [1.165, 1.54) is 25.7 Å². The summed E-state index contributed by atoms with van der Waals surface area (Å²) in [6.07, 6.45) is 5.57. The first-order valence-electron chi connectivity index (χ1n) is 7.16. The van der Waals surface area contributed by atoms with Crippen molar-refractivity contribution in [3.05, 3.63) is 29.8 Å². The van der Waals surface area contributed by atoms with E-state index in [1.54, 1.807) is 19.0 Å². The zero-order valence-corrected chi connectivity index (χ0v) is 12.4. The molecule has 0 heterocycles. The molecule has 3 heteroatoms. The summed E-state index contributed by atoms with van der Waals surface area (Å²) >= 11 is 0. The minimum Gasteiger partial charge on any atom is -0.385 e. The lowest BCUT2D eigenvalue weighted by molar-refractivity contribution is -0.127. The molecule has 0 unspecified atom stereocenters. The van der Waals surface area contributed by atoms with Crippen LogP contribution in [0.15, 0.2) is 24.3 Å². The van der Waals surface area contributed by atoms with Crippen molar-refractivity contribution in [3.63, 3.8) is 0 Å². The van der Waals surface area contributed by atoms with E-state index >= 15 is 0 Å². The van der Waals surface area contributed by atoms with E-state index < -0.39 is 0 Å². The van der Waals surface area contributed by atoms with Crippen LogP contribution in [0.5, 0.6) is 0 Å². The molecule has 1 amide bonds. The third-order valence-corrected chi connectivity index (χ3v) is 3.17. The van der Waals surface area contributed by atoms with Crippen LogP contribution in [-0.4, -0.2) is 31.4 Å². The number of nitrogens with one attached hydrogen (secondary N) is 1. The van der Waals surface area contributed by atoms with E-state index in [-0.39, 0.29) is 5.91 Å². The number of amides is 1. The Hall–Kier alpha value is -1.51. The number of carbonyl (C=O) groups excluding carboxylic acids is 1. The molecule has 0 spiro atoms. The predicted molar refractivity (Wildman–Crippen MR) is 81.5 cm³/mol. The third-order valence-electron chi connectivity index (χ3n) is 3.17. The molecule has 0 radical (unpaired) electrons. The molecule has 0 aromatic heterocycles. The number of carbonyl (C=O) groups is 1. The van der Waals surface area contributed by atoms with Crippen LogP contribution < -0.4 is 5.32 Å². The first-order valence-corrected chi connectivity index (χ1v) is 7.16. The second kappa shape index (κ2) is 8.57. The number of hydrogen-bond acceptors (Lipinski definition) is 2. The van der Waals surface area contributed by atoms with E-state index in [0.717, 1.165) is 17.8 Å². The number of unbranched alkanes of at least 4 members (excludes halogenated alkanes) is 3. The van der Waals surface area contributed by atoms with Crippen molar-refractivity contribution in [1.82, 2.24) is 4.90 Å². The van der Waals surface area contributed by atoms with Crippen molar-refractivity contribution < 1.29 is 4.79 Å². The van der Waals surface area contributed by atoms with Crippen molar-refractivity contribution in [2.45, 2.75) is 39.0 Å². The lowest BCUT2D eigenvalue weighted by Crippen LogP contribution is -2.23. The smallest absolute Gasteiger partial charge is 0.226 e. The molecular weight excluding hydrogens is 236 g/mol. The summed E-state index contributed by atoms with van der Waals surface area (Å²) in [5.41, 5.74) is 2.20. The standard InChI is InChI=1S/C16H26N2O/c1-4-5-6-7-12-17-15-10-8-14(9-11-15)13-16(19)18(2)3/h8-11,17H,4-7,12-13H2,1-3H3. The maximum absolute atomic E-state index is 11.6. The number of hydrogen-bond donors (Lipinski definition) is 1. The average Bonchev–Trinajstić information content (AvgIpc) is 2.40. The molecular formula is C16H26N2O. The molecule has 0 atom stereocenters. The number of likely N-dealkylation sites (N-methyl/N-ethyl adjacent to an activating group) is 1. The van der Waals surface area contributed by atoms with Crippen molar-refractivity contribution in [2.24, 2.45) is 0 Å². The SMILES string of the molecule is CCCCCCNc1ccc(CC(=O)N(C)C)cc1. The maximum Gasteiger partial charge on any atom is 0.226 e. The first-order chi connectivity index (χ1) is 9.13. The Morgan fingerprint density at radius 3 is 2.37 bits per heavy atom. The molecule has 3 nitrogen and oxygen atoms in total. The van der Waals surface area contributed by atoms with Crippen LogP contribution in [-0.2, 0) is 11.2 Å². The van der Waals surface area contributed by atoms with Crippen molar-refractivity contribution >= 4 is 11.6 Å². The molecule has 1 rings (SSSR count). The van der Waals surface area contributed by atoms with Gasteiger partial charge in [-0.25, -0.2) is 0 Å². The topological polar surface area (TPSA) is 32.3 Å². The maximum atomic E-state index is 11.6. The molecule has 0 saturated heterocycles. The van der Waals surface area contributed by atoms with E-state index in [1.807, 2.05) is 12.1 Å². The van der Waals surface area contributed by atoms with Gasteiger partial charge < -0.3 is 10.2 Å². The Morgan fingerprint density at radius 2 is 1.79 bits per heavy atom. The predicted octanol–water partition coefficient (Wildman–Crippen LogP) is 3.31. The second-order valence-electron chi connectivity index (χ2n) is 5.15. The highest BCUT2D eigenvalue weighted by Crippen LogP contribution is 2.11. The van der Waals surface area contributed by atoms with E-state index in [0.29, 0.717) is 6.42 Å². The highest BCUT2D eigenvalue weighted by atomic mass is 16.2. The fourth-order valence-corrected chi connectivity index (χ4v) is 1.86. The number of anilines is 1. The third kappa shape index (κ3) is 6.27. The summed E-state index contributed by atoms with van der Waals surface area (Å²) in [7, 11) is 3.57. The second-order valence-corrected chi connectivity index (χ2v) is 5.15. The monoisotopic (exact) mass is 262 g/mol. The van der Waals surface area contributed by atoms with Gasteiger partial charge >= 0.3 is 0 Å². The highest BCUT2D eigenvalue weighted by Gasteiger charge is 2.04. The lowest BCUT2D eigenvalue weighted by Gasteiger charge is -2.11. The molecule has 0 fully saturated rings. The molecule has 19 heavy (non-hydrogen) atoms. The van der Waals surface area contributed by atoms with Gasteiger partial charge in [-0.1, -0.05) is 38.3 Å².